The second kappa shape index (κ2) is 12.2. The number of piperidine rings is 1. The first-order valence-corrected chi connectivity index (χ1v) is 13.7. The molecule has 4 rings (SSSR count). The van der Waals surface area contributed by atoms with Crippen LogP contribution in [0.25, 0.3) is 6.08 Å². The average molecular weight is 564 g/mol. The molecule has 0 N–H and O–H groups in total. The van der Waals surface area contributed by atoms with Gasteiger partial charge in [-0.15, -0.1) is 0 Å². The van der Waals surface area contributed by atoms with Crippen LogP contribution in [-0.2, 0) is 16.2 Å². The molecule has 2 aromatic carbocycles. The van der Waals surface area contributed by atoms with Gasteiger partial charge in [0.2, 0.25) is 5.91 Å². The van der Waals surface area contributed by atoms with Gasteiger partial charge in [0, 0.05) is 13.1 Å². The Hall–Kier alpha value is -2.68. The Morgan fingerprint density at radius 1 is 1.05 bits per heavy atom. The van der Waals surface area contributed by atoms with E-state index in [1.807, 2.05) is 13.0 Å². The summed E-state index contributed by atoms with van der Waals surface area (Å²) in [7, 11) is 0. The molecule has 2 fully saturated rings. The van der Waals surface area contributed by atoms with Gasteiger partial charge in [0.15, 0.2) is 11.5 Å². The minimum absolute atomic E-state index is 0.197. The Morgan fingerprint density at radius 3 is 2.51 bits per heavy atom. The fourth-order valence-corrected chi connectivity index (χ4v) is 5.23. The van der Waals surface area contributed by atoms with Crippen molar-refractivity contribution < 1.29 is 23.9 Å². The number of nitrogens with zero attached hydrogens (tertiary/aromatic N) is 2. The fourth-order valence-electron chi connectivity index (χ4n) is 4.07. The molecule has 10 heteroatoms. The van der Waals surface area contributed by atoms with Crippen LogP contribution in [-0.4, -0.2) is 53.1 Å². The third-order valence-corrected chi connectivity index (χ3v) is 7.89. The van der Waals surface area contributed by atoms with E-state index < -0.39 is 11.1 Å². The van der Waals surface area contributed by atoms with E-state index in [-0.39, 0.29) is 24.0 Å². The fraction of sp³-hybridized carbons (Fsp3) is 0.370. The van der Waals surface area contributed by atoms with Crippen LogP contribution in [0, 0.1) is 5.92 Å². The van der Waals surface area contributed by atoms with Crippen LogP contribution in [0.3, 0.4) is 0 Å². The van der Waals surface area contributed by atoms with Crippen molar-refractivity contribution in [1.29, 1.82) is 0 Å². The maximum Gasteiger partial charge on any atom is 0.294 e. The second-order valence-corrected chi connectivity index (χ2v) is 10.8. The maximum absolute atomic E-state index is 12.9. The Kier molecular flexibility index (Phi) is 9.05. The average Bonchev–Trinajstić information content (AvgIpc) is 3.13. The molecule has 0 saturated carbocycles. The first-order valence-electron chi connectivity index (χ1n) is 12.1. The van der Waals surface area contributed by atoms with Gasteiger partial charge in [0.05, 0.1) is 21.6 Å². The van der Waals surface area contributed by atoms with Crippen molar-refractivity contribution in [2.24, 2.45) is 5.92 Å². The van der Waals surface area contributed by atoms with Crippen molar-refractivity contribution in [3.05, 3.63) is 62.5 Å². The molecule has 0 atom stereocenters. The number of carbonyl (C=O) groups excluding carboxylic acids is 3. The maximum atomic E-state index is 12.9. The van der Waals surface area contributed by atoms with Crippen LogP contribution in [0.15, 0.2) is 41.3 Å². The molecular weight excluding hydrogens is 535 g/mol. The molecule has 2 aliphatic rings. The predicted molar refractivity (Wildman–Crippen MR) is 146 cm³/mol. The molecular formula is C27H28Cl2N2O5S. The number of benzene rings is 2. The third kappa shape index (κ3) is 6.80. The van der Waals surface area contributed by atoms with Crippen LogP contribution in [0.1, 0.15) is 37.8 Å². The number of ether oxygens (including phenoxy) is 2. The van der Waals surface area contributed by atoms with E-state index >= 15 is 0 Å². The highest BCUT2D eigenvalue weighted by Crippen LogP contribution is 2.35. The smallest absolute Gasteiger partial charge is 0.294 e. The standard InChI is InChI=1S/C27H28Cl2N2O5S/c1-3-35-23-13-18(5-7-22(23)36-16-19-4-6-20(28)21(29)12-19)14-24-26(33)31(27(34)37-24)15-25(32)30-10-8-17(2)9-11-30/h4-7,12-14,17H,3,8-11,15-16H2,1-2H3/b24-14+. The van der Waals surface area contributed by atoms with Gasteiger partial charge in [0.1, 0.15) is 13.2 Å². The van der Waals surface area contributed by atoms with E-state index in [2.05, 4.69) is 6.92 Å². The van der Waals surface area contributed by atoms with Crippen LogP contribution >= 0.6 is 35.0 Å². The van der Waals surface area contributed by atoms with Gasteiger partial charge in [-0.2, -0.15) is 0 Å². The molecule has 0 unspecified atom stereocenters. The van der Waals surface area contributed by atoms with Gasteiger partial charge in [-0.25, -0.2) is 0 Å². The minimum atomic E-state index is -0.466. The zero-order chi connectivity index (χ0) is 26.5. The van der Waals surface area contributed by atoms with E-state index in [4.69, 9.17) is 32.7 Å². The Bertz CT molecular complexity index is 1230. The van der Waals surface area contributed by atoms with Gasteiger partial charge < -0.3 is 14.4 Å². The molecule has 7 nitrogen and oxygen atoms in total. The van der Waals surface area contributed by atoms with Crippen LogP contribution in [0.2, 0.25) is 10.0 Å². The molecule has 2 heterocycles. The molecule has 0 spiro atoms. The molecule has 0 bridgehead atoms. The minimum Gasteiger partial charge on any atom is -0.490 e. The lowest BCUT2D eigenvalue weighted by Crippen LogP contribution is -2.45. The van der Waals surface area contributed by atoms with Crippen molar-refractivity contribution in [3.63, 3.8) is 0 Å². The third-order valence-electron chi connectivity index (χ3n) is 6.25. The van der Waals surface area contributed by atoms with Crippen molar-refractivity contribution in [3.8, 4) is 11.5 Å². The number of halogens is 2. The lowest BCUT2D eigenvalue weighted by atomic mass is 9.99. The second-order valence-electron chi connectivity index (χ2n) is 9.01. The van der Waals surface area contributed by atoms with Crippen molar-refractivity contribution in [1.82, 2.24) is 9.80 Å². The number of hydrogen-bond donors (Lipinski definition) is 0. The summed E-state index contributed by atoms with van der Waals surface area (Å²) in [6.45, 7) is 5.79. The van der Waals surface area contributed by atoms with E-state index in [1.165, 1.54) is 0 Å². The van der Waals surface area contributed by atoms with Crippen LogP contribution in [0.5, 0.6) is 11.5 Å². The summed E-state index contributed by atoms with van der Waals surface area (Å²) in [5, 5.41) is 0.477. The highest BCUT2D eigenvalue weighted by Gasteiger charge is 2.37. The number of amides is 3. The summed E-state index contributed by atoms with van der Waals surface area (Å²) in [6, 6.07) is 10.6. The highest BCUT2D eigenvalue weighted by molar-refractivity contribution is 8.18. The summed E-state index contributed by atoms with van der Waals surface area (Å²) in [5.41, 5.74) is 1.52. The van der Waals surface area contributed by atoms with Gasteiger partial charge >= 0.3 is 0 Å². The summed E-state index contributed by atoms with van der Waals surface area (Å²) in [6.07, 6.45) is 3.49. The Morgan fingerprint density at radius 2 is 1.81 bits per heavy atom. The SMILES string of the molecule is CCOc1cc(/C=C2/SC(=O)N(CC(=O)N3CCC(C)CC3)C2=O)ccc1OCc1ccc(Cl)c(Cl)c1. The number of hydrogen-bond acceptors (Lipinski definition) is 6. The zero-order valence-corrected chi connectivity index (χ0v) is 23.0. The van der Waals surface area contributed by atoms with Crippen molar-refractivity contribution >= 4 is 58.1 Å². The lowest BCUT2D eigenvalue weighted by Gasteiger charge is -2.31. The summed E-state index contributed by atoms with van der Waals surface area (Å²) < 4.78 is 11.7. The van der Waals surface area contributed by atoms with Gasteiger partial charge in [-0.3, -0.25) is 19.3 Å². The largest absolute Gasteiger partial charge is 0.490 e. The zero-order valence-electron chi connectivity index (χ0n) is 20.7. The summed E-state index contributed by atoms with van der Waals surface area (Å²) in [4.78, 5) is 41.2. The number of carbonyl (C=O) groups is 3. The van der Waals surface area contributed by atoms with Crippen LogP contribution < -0.4 is 9.47 Å². The molecule has 2 aliphatic heterocycles. The molecule has 0 aliphatic carbocycles. The van der Waals surface area contributed by atoms with E-state index in [0.717, 1.165) is 35.1 Å². The molecule has 0 aromatic heterocycles. The summed E-state index contributed by atoms with van der Waals surface area (Å²) >= 11 is 12.9. The van der Waals surface area contributed by atoms with E-state index in [1.54, 1.807) is 41.3 Å². The number of rotatable bonds is 8. The molecule has 0 radical (unpaired) electrons. The molecule has 2 aromatic rings. The van der Waals surface area contributed by atoms with E-state index in [9.17, 15) is 14.4 Å². The Balaban J connectivity index is 1.44. The van der Waals surface area contributed by atoms with Crippen LogP contribution in [0.4, 0.5) is 4.79 Å². The molecule has 2 saturated heterocycles. The topological polar surface area (TPSA) is 76.2 Å². The van der Waals surface area contributed by atoms with Gasteiger partial charge in [-0.1, -0.05) is 42.3 Å². The van der Waals surface area contributed by atoms with Gasteiger partial charge in [0.25, 0.3) is 11.1 Å². The number of thioether (sulfide) groups is 1. The number of imide groups is 1. The monoisotopic (exact) mass is 562 g/mol. The first-order chi connectivity index (χ1) is 17.7. The normalized spacial score (nSPS) is 17.6. The quantitative estimate of drug-likeness (QED) is 0.353. The van der Waals surface area contributed by atoms with E-state index in [0.29, 0.717) is 52.7 Å². The highest BCUT2D eigenvalue weighted by atomic mass is 35.5. The van der Waals surface area contributed by atoms with Crippen molar-refractivity contribution in [2.45, 2.75) is 33.3 Å². The molecule has 196 valence electrons. The lowest BCUT2D eigenvalue weighted by molar-refractivity contribution is -0.136. The number of likely N-dealkylation sites (tertiary alicyclic amines) is 1. The molecule has 37 heavy (non-hydrogen) atoms. The summed E-state index contributed by atoms with van der Waals surface area (Å²) in [5.74, 6) is 0.951. The predicted octanol–water partition coefficient (Wildman–Crippen LogP) is 6.27. The van der Waals surface area contributed by atoms with Gasteiger partial charge in [-0.05, 0) is 78.9 Å². The van der Waals surface area contributed by atoms with Crippen molar-refractivity contribution in [2.75, 3.05) is 26.2 Å². The molecule has 3 amide bonds. The Labute approximate surface area is 230 Å². The first kappa shape index (κ1) is 27.4.